The van der Waals surface area contributed by atoms with Crippen LogP contribution in [0.3, 0.4) is 0 Å². The lowest BCUT2D eigenvalue weighted by molar-refractivity contribution is -0.130. The molecule has 3 heterocycles. The van der Waals surface area contributed by atoms with Gasteiger partial charge in [-0.15, -0.1) is 0 Å². The van der Waals surface area contributed by atoms with Gasteiger partial charge < -0.3 is 5.73 Å². The summed E-state index contributed by atoms with van der Waals surface area (Å²) in [6.45, 7) is 0. The molecule has 0 saturated heterocycles. The second kappa shape index (κ2) is 8.43. The van der Waals surface area contributed by atoms with Gasteiger partial charge in [-0.05, 0) is 59.7 Å². The van der Waals surface area contributed by atoms with Gasteiger partial charge in [0.25, 0.3) is 0 Å². The van der Waals surface area contributed by atoms with Crippen molar-refractivity contribution < 1.29 is 9.59 Å². The zero-order valence-corrected chi connectivity index (χ0v) is 19.0. The SMILES string of the molecule is Nc1c(Br)c(C2CCC(CC(=O)C=O)CC2)nc2c(-c3cnc4ccccc4c3)cnn12. The normalized spacial score (nSPS) is 18.8. The number of carbonyl (C=O) groups is 2. The number of rotatable bonds is 5. The second-order valence-corrected chi connectivity index (χ2v) is 9.21. The number of nitrogen functional groups attached to an aromatic ring is 1. The zero-order chi connectivity index (χ0) is 22.2. The van der Waals surface area contributed by atoms with Crippen molar-refractivity contribution in [2.45, 2.75) is 38.0 Å². The first-order valence-corrected chi connectivity index (χ1v) is 11.5. The third-order valence-corrected chi connectivity index (χ3v) is 7.22. The molecule has 0 amide bonds. The maximum atomic E-state index is 11.5. The van der Waals surface area contributed by atoms with Gasteiger partial charge >= 0.3 is 0 Å². The Balaban J connectivity index is 1.50. The molecule has 3 aromatic heterocycles. The molecule has 1 aliphatic rings. The van der Waals surface area contributed by atoms with Crippen molar-refractivity contribution in [3.8, 4) is 11.1 Å². The minimum Gasteiger partial charge on any atom is -0.383 e. The van der Waals surface area contributed by atoms with Gasteiger partial charge in [0.1, 0.15) is 5.82 Å². The van der Waals surface area contributed by atoms with E-state index in [-0.39, 0.29) is 17.6 Å². The predicted octanol–water partition coefficient (Wildman–Crippen LogP) is 4.72. The Morgan fingerprint density at radius 1 is 1.19 bits per heavy atom. The molecular weight excluding hydrogens is 470 g/mol. The van der Waals surface area contributed by atoms with E-state index < -0.39 is 0 Å². The summed E-state index contributed by atoms with van der Waals surface area (Å²) >= 11 is 3.64. The largest absolute Gasteiger partial charge is 0.383 e. The summed E-state index contributed by atoms with van der Waals surface area (Å²) in [5.74, 6) is 0.698. The number of aldehydes is 1. The summed E-state index contributed by atoms with van der Waals surface area (Å²) in [7, 11) is 0. The fourth-order valence-electron chi connectivity index (χ4n) is 4.68. The molecule has 32 heavy (non-hydrogen) atoms. The molecular formula is C24H22BrN5O2. The summed E-state index contributed by atoms with van der Waals surface area (Å²) in [6.07, 6.45) is 7.98. The van der Waals surface area contributed by atoms with Crippen LogP contribution in [0.15, 0.2) is 47.2 Å². The molecule has 1 fully saturated rings. The highest BCUT2D eigenvalue weighted by Gasteiger charge is 2.28. The van der Waals surface area contributed by atoms with Gasteiger partial charge in [0.15, 0.2) is 17.7 Å². The summed E-state index contributed by atoms with van der Waals surface area (Å²) < 4.78 is 2.43. The molecule has 7 nitrogen and oxygen atoms in total. The first-order valence-electron chi connectivity index (χ1n) is 10.7. The minimum absolute atomic E-state index is 0.233. The third kappa shape index (κ3) is 3.68. The van der Waals surface area contributed by atoms with Crippen molar-refractivity contribution in [3.05, 3.63) is 52.9 Å². The van der Waals surface area contributed by atoms with Crippen LogP contribution in [0.4, 0.5) is 5.82 Å². The van der Waals surface area contributed by atoms with E-state index in [0.717, 1.165) is 57.9 Å². The van der Waals surface area contributed by atoms with Gasteiger partial charge in [-0.2, -0.15) is 9.61 Å². The number of benzene rings is 1. The number of ketones is 1. The Morgan fingerprint density at radius 3 is 2.75 bits per heavy atom. The third-order valence-electron chi connectivity index (χ3n) is 6.40. The predicted molar refractivity (Wildman–Crippen MR) is 126 cm³/mol. The Morgan fingerprint density at radius 2 is 1.97 bits per heavy atom. The van der Waals surface area contributed by atoms with Gasteiger partial charge in [-0.25, -0.2) is 4.98 Å². The van der Waals surface area contributed by atoms with Crippen LogP contribution in [0.1, 0.15) is 43.7 Å². The van der Waals surface area contributed by atoms with Crippen molar-refractivity contribution >= 4 is 50.4 Å². The van der Waals surface area contributed by atoms with Crippen molar-refractivity contribution in [3.63, 3.8) is 0 Å². The lowest BCUT2D eigenvalue weighted by atomic mass is 9.78. The van der Waals surface area contributed by atoms with Crippen molar-refractivity contribution in [2.75, 3.05) is 5.73 Å². The highest BCUT2D eigenvalue weighted by molar-refractivity contribution is 9.10. The van der Waals surface area contributed by atoms with E-state index in [0.29, 0.717) is 24.2 Å². The van der Waals surface area contributed by atoms with Crippen molar-refractivity contribution in [2.24, 2.45) is 5.92 Å². The Bertz CT molecular complexity index is 1340. The van der Waals surface area contributed by atoms with Crippen molar-refractivity contribution in [1.29, 1.82) is 0 Å². The van der Waals surface area contributed by atoms with E-state index in [1.54, 1.807) is 10.7 Å². The van der Waals surface area contributed by atoms with E-state index in [1.165, 1.54) is 0 Å². The molecule has 0 unspecified atom stereocenters. The molecule has 2 N–H and O–H groups in total. The number of aromatic nitrogens is 4. The van der Waals surface area contributed by atoms with Crippen LogP contribution < -0.4 is 5.73 Å². The molecule has 0 aliphatic heterocycles. The number of carbonyl (C=O) groups excluding carboxylic acids is 2. The summed E-state index contributed by atoms with van der Waals surface area (Å²) in [5.41, 5.74) is 10.8. The van der Waals surface area contributed by atoms with E-state index in [1.807, 2.05) is 30.5 Å². The summed E-state index contributed by atoms with van der Waals surface area (Å²) in [4.78, 5) is 31.7. The molecule has 0 radical (unpaired) electrons. The first-order chi connectivity index (χ1) is 15.5. The number of para-hydroxylation sites is 1. The van der Waals surface area contributed by atoms with Crippen LogP contribution >= 0.6 is 15.9 Å². The Kier molecular flexibility index (Phi) is 5.46. The lowest BCUT2D eigenvalue weighted by Crippen LogP contribution is -2.18. The second-order valence-electron chi connectivity index (χ2n) is 8.41. The van der Waals surface area contributed by atoms with Gasteiger partial charge in [0.05, 0.1) is 21.9 Å². The fourth-order valence-corrected chi connectivity index (χ4v) is 5.26. The lowest BCUT2D eigenvalue weighted by Gasteiger charge is -2.28. The molecule has 4 aromatic rings. The number of halogens is 1. The summed E-state index contributed by atoms with van der Waals surface area (Å²) in [6, 6.07) is 10.1. The van der Waals surface area contributed by atoms with Gasteiger partial charge in [-0.3, -0.25) is 14.6 Å². The standard InChI is InChI=1S/C24H22BrN5O2/c25-21-22(15-7-5-14(6-8-15)9-18(32)13-31)29-24-19(12-28-30(24)23(21)26)17-10-16-3-1-2-4-20(16)27-11-17/h1-4,10-15H,5-9,26H2. The van der Waals surface area contributed by atoms with Gasteiger partial charge in [0.2, 0.25) is 0 Å². The average Bonchev–Trinajstić information content (AvgIpc) is 3.25. The number of fused-ring (bicyclic) bond motifs is 2. The molecule has 0 atom stereocenters. The van der Waals surface area contributed by atoms with E-state index in [9.17, 15) is 9.59 Å². The van der Waals surface area contributed by atoms with E-state index in [4.69, 9.17) is 10.7 Å². The maximum Gasteiger partial charge on any atom is 0.195 e. The monoisotopic (exact) mass is 491 g/mol. The molecule has 162 valence electrons. The molecule has 1 saturated carbocycles. The smallest absolute Gasteiger partial charge is 0.195 e. The fraction of sp³-hybridized carbons (Fsp3) is 0.292. The molecule has 1 aliphatic carbocycles. The highest BCUT2D eigenvalue weighted by Crippen LogP contribution is 2.41. The number of Topliss-reactive ketones (excluding diaryl/α,β-unsaturated/α-hetero) is 1. The maximum absolute atomic E-state index is 11.5. The number of anilines is 1. The Hall–Kier alpha value is -3.13. The van der Waals surface area contributed by atoms with E-state index in [2.05, 4.69) is 32.1 Å². The zero-order valence-electron chi connectivity index (χ0n) is 17.4. The van der Waals surface area contributed by atoms with Gasteiger partial charge in [-0.1, -0.05) is 18.2 Å². The van der Waals surface area contributed by atoms with Crippen LogP contribution in [0.2, 0.25) is 0 Å². The first kappa shape index (κ1) is 20.8. The Labute approximate surface area is 193 Å². The number of nitrogens with two attached hydrogens (primary N) is 1. The number of nitrogens with zero attached hydrogens (tertiary/aromatic N) is 4. The van der Waals surface area contributed by atoms with Crippen LogP contribution in [-0.2, 0) is 9.59 Å². The van der Waals surface area contributed by atoms with Gasteiger partial charge in [0, 0.05) is 35.0 Å². The average molecular weight is 492 g/mol. The van der Waals surface area contributed by atoms with Crippen LogP contribution in [0, 0.1) is 5.92 Å². The number of pyridine rings is 1. The van der Waals surface area contributed by atoms with Crippen LogP contribution in [0.5, 0.6) is 0 Å². The molecule has 8 heteroatoms. The number of hydrogen-bond acceptors (Lipinski definition) is 6. The molecule has 0 spiro atoms. The quantitative estimate of drug-likeness (QED) is 0.320. The number of hydrogen-bond donors (Lipinski definition) is 1. The topological polar surface area (TPSA) is 103 Å². The molecule has 5 rings (SSSR count). The van der Waals surface area contributed by atoms with Crippen molar-refractivity contribution in [1.82, 2.24) is 19.6 Å². The minimum atomic E-state index is -0.314. The highest BCUT2D eigenvalue weighted by atomic mass is 79.9. The van der Waals surface area contributed by atoms with E-state index >= 15 is 0 Å². The summed E-state index contributed by atoms with van der Waals surface area (Å²) in [5, 5.41) is 5.53. The van der Waals surface area contributed by atoms with Crippen LogP contribution in [-0.4, -0.2) is 31.7 Å². The van der Waals surface area contributed by atoms with Crippen LogP contribution in [0.25, 0.3) is 27.7 Å². The molecule has 0 bridgehead atoms. The molecule has 1 aromatic carbocycles.